The van der Waals surface area contributed by atoms with Crippen LogP contribution in [-0.2, 0) is 0 Å². The zero-order valence-electron chi connectivity index (χ0n) is 11.6. The molecule has 0 fully saturated rings. The smallest absolute Gasteiger partial charge is 0.255 e. The maximum absolute atomic E-state index is 12.1. The molecule has 3 heteroatoms. The molecule has 0 aliphatic rings. The van der Waals surface area contributed by atoms with E-state index in [0.717, 1.165) is 22.4 Å². The molecular formula is C18H14ClNO. The molecule has 1 aromatic heterocycles. The van der Waals surface area contributed by atoms with Crippen LogP contribution in [0.25, 0.3) is 16.8 Å². The Morgan fingerprint density at radius 2 is 1.71 bits per heavy atom. The van der Waals surface area contributed by atoms with E-state index in [2.05, 4.69) is 0 Å². The van der Waals surface area contributed by atoms with E-state index in [1.165, 1.54) is 0 Å². The van der Waals surface area contributed by atoms with E-state index in [1.807, 2.05) is 67.7 Å². The zero-order chi connectivity index (χ0) is 14.8. The fourth-order valence-electron chi connectivity index (χ4n) is 2.31. The highest BCUT2D eigenvalue weighted by molar-refractivity contribution is 6.30. The van der Waals surface area contributed by atoms with Crippen molar-refractivity contribution in [2.75, 3.05) is 0 Å². The van der Waals surface area contributed by atoms with Gasteiger partial charge in [0.25, 0.3) is 5.56 Å². The first-order chi connectivity index (χ1) is 10.1. The minimum absolute atomic E-state index is 0.0496. The first-order valence-corrected chi connectivity index (χ1v) is 7.07. The van der Waals surface area contributed by atoms with Crippen LogP contribution < -0.4 is 5.56 Å². The number of hydrogen-bond donors (Lipinski definition) is 0. The highest BCUT2D eigenvalue weighted by atomic mass is 35.5. The summed E-state index contributed by atoms with van der Waals surface area (Å²) in [5, 5.41) is 0.681. The van der Waals surface area contributed by atoms with E-state index in [0.29, 0.717) is 5.02 Å². The molecule has 2 aromatic carbocycles. The average Bonchev–Trinajstić information content (AvgIpc) is 2.47. The first-order valence-electron chi connectivity index (χ1n) is 6.69. The molecule has 0 radical (unpaired) electrons. The average molecular weight is 296 g/mol. The molecule has 3 aromatic rings. The molecule has 0 amide bonds. The number of halogens is 1. The molecule has 0 spiro atoms. The van der Waals surface area contributed by atoms with Crippen molar-refractivity contribution in [3.05, 3.63) is 87.8 Å². The Bertz CT molecular complexity index is 852. The van der Waals surface area contributed by atoms with Gasteiger partial charge in [0.05, 0.1) is 0 Å². The molecule has 0 aliphatic carbocycles. The van der Waals surface area contributed by atoms with Gasteiger partial charge in [0.2, 0.25) is 0 Å². The molecule has 0 atom stereocenters. The summed E-state index contributed by atoms with van der Waals surface area (Å²) in [7, 11) is 0. The third-order valence-electron chi connectivity index (χ3n) is 3.35. The van der Waals surface area contributed by atoms with Crippen molar-refractivity contribution in [1.82, 2.24) is 4.57 Å². The van der Waals surface area contributed by atoms with Crippen molar-refractivity contribution in [1.29, 1.82) is 0 Å². The van der Waals surface area contributed by atoms with Gasteiger partial charge in [0, 0.05) is 23.0 Å². The minimum Gasteiger partial charge on any atom is -0.284 e. The third kappa shape index (κ3) is 2.91. The normalized spacial score (nSPS) is 10.6. The lowest BCUT2D eigenvalue weighted by Gasteiger charge is -2.09. The number of nitrogens with zero attached hydrogens (tertiary/aromatic N) is 1. The molecule has 0 N–H and O–H groups in total. The number of hydrogen-bond acceptors (Lipinski definition) is 1. The van der Waals surface area contributed by atoms with E-state index < -0.39 is 0 Å². The topological polar surface area (TPSA) is 22.0 Å². The molecule has 0 saturated heterocycles. The molecule has 0 bridgehead atoms. The lowest BCUT2D eigenvalue weighted by atomic mass is 10.1. The number of pyridine rings is 1. The van der Waals surface area contributed by atoms with Crippen LogP contribution in [0.1, 0.15) is 5.56 Å². The van der Waals surface area contributed by atoms with E-state index >= 15 is 0 Å². The second-order valence-electron chi connectivity index (χ2n) is 4.98. The highest BCUT2D eigenvalue weighted by Gasteiger charge is 2.04. The Kier molecular flexibility index (Phi) is 3.63. The molecule has 3 rings (SSSR count). The van der Waals surface area contributed by atoms with Crippen LogP contribution in [0.3, 0.4) is 0 Å². The number of rotatable bonds is 2. The monoisotopic (exact) mass is 295 g/mol. The Morgan fingerprint density at radius 1 is 0.905 bits per heavy atom. The Balaban J connectivity index is 2.15. The van der Waals surface area contributed by atoms with Gasteiger partial charge in [-0.3, -0.25) is 9.36 Å². The van der Waals surface area contributed by atoms with Crippen molar-refractivity contribution < 1.29 is 0 Å². The summed E-state index contributed by atoms with van der Waals surface area (Å²) in [5.74, 6) is 0. The SMILES string of the molecule is Cc1cccc(-n2cc(-c3cccc(Cl)c3)ccc2=O)c1. The van der Waals surface area contributed by atoms with Gasteiger partial charge in [0.15, 0.2) is 0 Å². The van der Waals surface area contributed by atoms with Crippen LogP contribution in [0.4, 0.5) is 0 Å². The molecular weight excluding hydrogens is 282 g/mol. The predicted octanol–water partition coefficient (Wildman–Crippen LogP) is 4.47. The van der Waals surface area contributed by atoms with Gasteiger partial charge in [-0.25, -0.2) is 0 Å². The summed E-state index contributed by atoms with van der Waals surface area (Å²) >= 11 is 6.04. The predicted molar refractivity (Wildman–Crippen MR) is 87.2 cm³/mol. The van der Waals surface area contributed by atoms with E-state index in [1.54, 1.807) is 10.6 Å². The molecule has 0 unspecified atom stereocenters. The molecule has 0 saturated carbocycles. The van der Waals surface area contributed by atoms with Gasteiger partial charge in [0.1, 0.15) is 0 Å². The quantitative estimate of drug-likeness (QED) is 0.684. The summed E-state index contributed by atoms with van der Waals surface area (Å²) in [4.78, 5) is 12.1. The number of benzene rings is 2. The van der Waals surface area contributed by atoms with E-state index in [4.69, 9.17) is 11.6 Å². The molecule has 104 valence electrons. The molecule has 1 heterocycles. The summed E-state index contributed by atoms with van der Waals surface area (Å²) in [6.07, 6.45) is 1.85. The Labute approximate surface area is 128 Å². The van der Waals surface area contributed by atoms with Crippen LogP contribution in [0.15, 0.2) is 71.7 Å². The maximum Gasteiger partial charge on any atom is 0.255 e. The van der Waals surface area contributed by atoms with Crippen molar-refractivity contribution in [2.45, 2.75) is 6.92 Å². The van der Waals surface area contributed by atoms with Crippen molar-refractivity contribution in [3.8, 4) is 16.8 Å². The van der Waals surface area contributed by atoms with E-state index in [9.17, 15) is 4.79 Å². The summed E-state index contributed by atoms with van der Waals surface area (Å²) < 4.78 is 1.66. The first kappa shape index (κ1) is 13.7. The van der Waals surface area contributed by atoms with Crippen molar-refractivity contribution in [2.24, 2.45) is 0 Å². The largest absolute Gasteiger partial charge is 0.284 e. The fourth-order valence-corrected chi connectivity index (χ4v) is 2.50. The van der Waals surface area contributed by atoms with Crippen LogP contribution >= 0.6 is 11.6 Å². The summed E-state index contributed by atoms with van der Waals surface area (Å²) in [6.45, 7) is 2.01. The fraction of sp³-hybridized carbons (Fsp3) is 0.0556. The standard InChI is InChI=1S/C18H14ClNO/c1-13-4-2-7-17(10-13)20-12-15(8-9-18(20)21)14-5-3-6-16(19)11-14/h2-12H,1H3. The zero-order valence-corrected chi connectivity index (χ0v) is 12.3. The third-order valence-corrected chi connectivity index (χ3v) is 3.58. The van der Waals surface area contributed by atoms with Crippen molar-refractivity contribution >= 4 is 11.6 Å². The number of aryl methyl sites for hydroxylation is 1. The highest BCUT2D eigenvalue weighted by Crippen LogP contribution is 2.22. The van der Waals surface area contributed by atoms with E-state index in [-0.39, 0.29) is 5.56 Å². The lowest BCUT2D eigenvalue weighted by molar-refractivity contribution is 0.990. The number of aromatic nitrogens is 1. The van der Waals surface area contributed by atoms with Crippen molar-refractivity contribution in [3.63, 3.8) is 0 Å². The maximum atomic E-state index is 12.1. The minimum atomic E-state index is -0.0496. The molecule has 21 heavy (non-hydrogen) atoms. The second-order valence-corrected chi connectivity index (χ2v) is 5.41. The van der Waals surface area contributed by atoms with Gasteiger partial charge in [-0.2, -0.15) is 0 Å². The van der Waals surface area contributed by atoms with Gasteiger partial charge in [-0.1, -0.05) is 35.9 Å². The summed E-state index contributed by atoms with van der Waals surface area (Å²) in [5.41, 5.74) is 3.88. The molecule has 2 nitrogen and oxygen atoms in total. The molecule has 0 aliphatic heterocycles. The van der Waals surface area contributed by atoms with Gasteiger partial charge >= 0.3 is 0 Å². The Hall–Kier alpha value is -2.32. The van der Waals surface area contributed by atoms with Crippen LogP contribution in [0, 0.1) is 6.92 Å². The van der Waals surface area contributed by atoms with Crippen LogP contribution in [0.2, 0.25) is 5.02 Å². The van der Waals surface area contributed by atoms with Gasteiger partial charge in [-0.05, 0) is 53.9 Å². The van der Waals surface area contributed by atoms with Gasteiger partial charge in [-0.15, -0.1) is 0 Å². The summed E-state index contributed by atoms with van der Waals surface area (Å²) in [6, 6.07) is 18.9. The van der Waals surface area contributed by atoms with Gasteiger partial charge < -0.3 is 0 Å². The van der Waals surface area contributed by atoms with Crippen LogP contribution in [0.5, 0.6) is 0 Å². The Morgan fingerprint density at radius 3 is 2.48 bits per heavy atom. The lowest BCUT2D eigenvalue weighted by Crippen LogP contribution is -2.16. The second kappa shape index (κ2) is 5.58. The van der Waals surface area contributed by atoms with Crippen LogP contribution in [-0.4, -0.2) is 4.57 Å².